The first-order valence-electron chi connectivity index (χ1n) is 12.1. The maximum absolute atomic E-state index is 13.7. The molecule has 5 rings (SSSR count). The Kier molecular flexibility index (Phi) is 4.74. The van der Waals surface area contributed by atoms with Crippen LogP contribution in [0.15, 0.2) is 0 Å². The summed E-state index contributed by atoms with van der Waals surface area (Å²) in [5.74, 6) is 1.98. The molecule has 0 N–H and O–H groups in total. The summed E-state index contributed by atoms with van der Waals surface area (Å²) >= 11 is 0. The second-order valence-corrected chi connectivity index (χ2v) is 11.6. The van der Waals surface area contributed by atoms with Crippen molar-refractivity contribution >= 4 is 17.5 Å². The molecule has 1 heterocycles. The molecule has 5 fully saturated rings. The maximum atomic E-state index is 13.7. The molecule has 9 atom stereocenters. The smallest absolute Gasteiger partial charge is 0.302 e. The third kappa shape index (κ3) is 2.94. The van der Waals surface area contributed by atoms with Crippen LogP contribution in [0.1, 0.15) is 72.6 Å². The van der Waals surface area contributed by atoms with E-state index >= 15 is 0 Å². The number of esters is 1. The van der Waals surface area contributed by atoms with Gasteiger partial charge < -0.3 is 4.74 Å². The summed E-state index contributed by atoms with van der Waals surface area (Å²) in [7, 11) is 0. The maximum Gasteiger partial charge on any atom is 0.302 e. The van der Waals surface area contributed by atoms with Crippen molar-refractivity contribution < 1.29 is 19.1 Å². The van der Waals surface area contributed by atoms with E-state index in [1.165, 1.54) is 6.92 Å². The third-order valence-electron chi connectivity index (χ3n) is 10.1. The molecule has 30 heavy (non-hydrogen) atoms. The fourth-order valence-electron chi connectivity index (χ4n) is 8.88. The minimum atomic E-state index is -0.191. The van der Waals surface area contributed by atoms with E-state index in [1.54, 1.807) is 6.92 Å². The van der Waals surface area contributed by atoms with Gasteiger partial charge in [0.2, 0.25) is 0 Å². The van der Waals surface area contributed by atoms with Gasteiger partial charge in [0.1, 0.15) is 17.7 Å². The van der Waals surface area contributed by atoms with Crippen LogP contribution < -0.4 is 0 Å². The normalized spacial score (nSPS) is 50.3. The van der Waals surface area contributed by atoms with E-state index < -0.39 is 0 Å². The molecule has 0 unspecified atom stereocenters. The molecule has 0 aromatic heterocycles. The molecule has 0 radical (unpaired) electrons. The Morgan fingerprint density at radius 3 is 2.40 bits per heavy atom. The molecular formula is C25H37NO4. The van der Waals surface area contributed by atoms with Crippen LogP contribution in [0.3, 0.4) is 0 Å². The minimum Gasteiger partial charge on any atom is -0.463 e. The molecule has 1 saturated heterocycles. The van der Waals surface area contributed by atoms with Gasteiger partial charge in [-0.05, 0) is 74.0 Å². The number of ether oxygens (including phenoxy) is 1. The summed E-state index contributed by atoms with van der Waals surface area (Å²) in [6.07, 6.45) is 6.63. The molecule has 4 saturated carbocycles. The minimum absolute atomic E-state index is 0.0140. The fraction of sp³-hybridized carbons (Fsp3) is 0.880. The van der Waals surface area contributed by atoms with E-state index in [9.17, 15) is 14.4 Å². The molecule has 0 aromatic rings. The van der Waals surface area contributed by atoms with Crippen LogP contribution in [-0.4, -0.2) is 47.7 Å². The van der Waals surface area contributed by atoms with E-state index in [0.29, 0.717) is 36.0 Å². The van der Waals surface area contributed by atoms with Gasteiger partial charge in [-0.25, -0.2) is 0 Å². The van der Waals surface area contributed by atoms with Crippen LogP contribution in [0, 0.1) is 40.4 Å². The quantitative estimate of drug-likeness (QED) is 0.520. The lowest BCUT2D eigenvalue weighted by atomic mass is 9.44. The fourth-order valence-corrected chi connectivity index (χ4v) is 8.88. The largest absolute Gasteiger partial charge is 0.463 e. The van der Waals surface area contributed by atoms with Gasteiger partial charge in [-0.15, -0.1) is 0 Å². The lowest BCUT2D eigenvalue weighted by Gasteiger charge is -2.59. The third-order valence-corrected chi connectivity index (χ3v) is 10.1. The van der Waals surface area contributed by atoms with Crippen molar-refractivity contribution in [2.24, 2.45) is 40.4 Å². The first kappa shape index (κ1) is 20.7. The highest BCUT2D eigenvalue weighted by atomic mass is 16.5. The monoisotopic (exact) mass is 415 g/mol. The molecule has 5 nitrogen and oxygen atoms in total. The Morgan fingerprint density at radius 2 is 1.77 bits per heavy atom. The van der Waals surface area contributed by atoms with E-state index in [2.05, 4.69) is 18.7 Å². The van der Waals surface area contributed by atoms with Gasteiger partial charge in [-0.1, -0.05) is 13.8 Å². The van der Waals surface area contributed by atoms with Crippen LogP contribution >= 0.6 is 0 Å². The summed E-state index contributed by atoms with van der Waals surface area (Å²) in [5, 5.41) is 0. The summed E-state index contributed by atoms with van der Waals surface area (Å²) in [6.45, 7) is 10.1. The molecule has 0 aromatic carbocycles. The highest BCUT2D eigenvalue weighted by Crippen LogP contribution is 2.67. The number of hydrogen-bond donors (Lipinski definition) is 0. The number of carbonyl (C=O) groups excluding carboxylic acids is 3. The molecular weight excluding hydrogens is 378 g/mol. The number of rotatable bonds is 3. The molecule has 0 amide bonds. The highest BCUT2D eigenvalue weighted by Gasteiger charge is 2.66. The first-order chi connectivity index (χ1) is 14.1. The Bertz CT molecular complexity index is 775. The summed E-state index contributed by atoms with van der Waals surface area (Å²) in [5.41, 5.74) is -0.156. The van der Waals surface area contributed by atoms with Crippen LogP contribution in [0.4, 0.5) is 0 Å². The van der Waals surface area contributed by atoms with Gasteiger partial charge >= 0.3 is 5.97 Å². The van der Waals surface area contributed by atoms with Gasteiger partial charge in [0.15, 0.2) is 0 Å². The molecule has 5 heteroatoms. The Hall–Kier alpha value is -1.23. The average molecular weight is 416 g/mol. The zero-order chi connectivity index (χ0) is 21.4. The van der Waals surface area contributed by atoms with Crippen LogP contribution in [0.5, 0.6) is 0 Å². The topological polar surface area (TPSA) is 63.5 Å². The van der Waals surface area contributed by atoms with Gasteiger partial charge in [-0.2, -0.15) is 0 Å². The average Bonchev–Trinajstić information content (AvgIpc) is 3.43. The SMILES string of the molecule is CC(=O)O[C@H]1CC[C@@]2(C)[C@H](CC[C@H]3[C@@H]4C[C@@H](N5CC5)[C@H](C(C)=O)[C@@]4(C)CC(=O)[C@@H]32)C1. The zero-order valence-corrected chi connectivity index (χ0v) is 19.0. The predicted octanol–water partition coefficient (Wildman–Crippen LogP) is 3.64. The van der Waals surface area contributed by atoms with Crippen LogP contribution in [0.2, 0.25) is 0 Å². The van der Waals surface area contributed by atoms with Crippen molar-refractivity contribution in [3.05, 3.63) is 0 Å². The molecule has 166 valence electrons. The number of carbonyl (C=O) groups is 3. The van der Waals surface area contributed by atoms with E-state index in [1.807, 2.05) is 0 Å². The van der Waals surface area contributed by atoms with Gasteiger partial charge in [0.25, 0.3) is 0 Å². The van der Waals surface area contributed by atoms with Gasteiger partial charge in [0.05, 0.1) is 0 Å². The van der Waals surface area contributed by atoms with E-state index in [-0.39, 0.29) is 40.5 Å². The summed E-state index contributed by atoms with van der Waals surface area (Å²) < 4.78 is 5.55. The van der Waals surface area contributed by atoms with Crippen molar-refractivity contribution in [2.45, 2.75) is 84.8 Å². The van der Waals surface area contributed by atoms with Gasteiger partial charge in [0, 0.05) is 44.3 Å². The van der Waals surface area contributed by atoms with E-state index in [4.69, 9.17) is 4.74 Å². The van der Waals surface area contributed by atoms with Crippen molar-refractivity contribution in [1.82, 2.24) is 4.90 Å². The molecule has 0 spiro atoms. The lowest BCUT2D eigenvalue weighted by molar-refractivity contribution is -0.169. The number of ketones is 2. The Labute approximate surface area is 180 Å². The highest BCUT2D eigenvalue weighted by molar-refractivity contribution is 5.87. The summed E-state index contributed by atoms with van der Waals surface area (Å²) in [4.78, 5) is 40.4. The second kappa shape index (κ2) is 6.88. The number of fused-ring (bicyclic) bond motifs is 5. The standard InChI is InChI=1S/C25H37NO4/c1-14(27)22-20(26-9-10-26)12-19-18-6-5-16-11-17(30-15(2)28)7-8-24(16,3)23(18)21(29)13-25(19,22)4/h16-20,22-23H,5-13H2,1-4H3/t16-,17+,18+,19+,20-,22+,23-,24+,25+/m1/s1. The lowest BCUT2D eigenvalue weighted by Crippen LogP contribution is -2.58. The van der Waals surface area contributed by atoms with Crippen molar-refractivity contribution in [1.29, 1.82) is 0 Å². The van der Waals surface area contributed by atoms with Crippen molar-refractivity contribution in [3.8, 4) is 0 Å². The van der Waals surface area contributed by atoms with Gasteiger partial charge in [-0.3, -0.25) is 19.3 Å². The first-order valence-corrected chi connectivity index (χ1v) is 12.1. The molecule has 1 aliphatic heterocycles. The van der Waals surface area contributed by atoms with Crippen molar-refractivity contribution in [3.63, 3.8) is 0 Å². The van der Waals surface area contributed by atoms with Crippen LogP contribution in [0.25, 0.3) is 0 Å². The van der Waals surface area contributed by atoms with E-state index in [0.717, 1.165) is 51.6 Å². The van der Waals surface area contributed by atoms with Crippen LogP contribution in [-0.2, 0) is 19.1 Å². The number of hydrogen-bond acceptors (Lipinski definition) is 5. The molecule has 0 bridgehead atoms. The Morgan fingerprint density at radius 1 is 1.03 bits per heavy atom. The second-order valence-electron chi connectivity index (χ2n) is 11.6. The zero-order valence-electron chi connectivity index (χ0n) is 19.0. The number of nitrogens with zero attached hydrogens (tertiary/aromatic N) is 1. The predicted molar refractivity (Wildman–Crippen MR) is 113 cm³/mol. The van der Waals surface area contributed by atoms with Crippen molar-refractivity contribution in [2.75, 3.05) is 13.1 Å². The molecule has 4 aliphatic carbocycles. The molecule has 5 aliphatic rings. The Balaban J connectivity index is 1.44. The summed E-state index contributed by atoms with van der Waals surface area (Å²) in [6, 6.07) is 0.342. The number of Topliss-reactive ketones (excluding diaryl/α,β-unsaturated/α-hetero) is 2.